The van der Waals surface area contributed by atoms with Crippen LogP contribution in [0.4, 0.5) is 0 Å². The molecule has 0 saturated carbocycles. The average Bonchev–Trinajstić information content (AvgIpc) is 2.89. The van der Waals surface area contributed by atoms with Gasteiger partial charge >= 0.3 is 0 Å². The Morgan fingerprint density at radius 3 is 2.41 bits per heavy atom. The quantitative estimate of drug-likeness (QED) is 0.265. The zero-order valence-electron chi connectivity index (χ0n) is 18.3. The van der Waals surface area contributed by atoms with E-state index >= 15 is 0 Å². The van der Waals surface area contributed by atoms with Crippen molar-refractivity contribution in [3.05, 3.63) is 142 Å². The fourth-order valence-electron chi connectivity index (χ4n) is 3.85. The van der Waals surface area contributed by atoms with E-state index in [0.717, 1.165) is 11.1 Å². The Balaban J connectivity index is 1.56. The van der Waals surface area contributed by atoms with Crippen molar-refractivity contribution in [2.24, 2.45) is 0 Å². The van der Waals surface area contributed by atoms with Gasteiger partial charge in [-0.1, -0.05) is 78.9 Å². The Hall–Kier alpha value is -4.64. The van der Waals surface area contributed by atoms with Crippen molar-refractivity contribution >= 4 is 23.0 Å². The largest absolute Gasteiger partial charge is 0.289 e. The van der Waals surface area contributed by atoms with Gasteiger partial charge in [0.2, 0.25) is 0 Å². The molecule has 5 nitrogen and oxygen atoms in total. The Labute approximate surface area is 196 Å². The second-order valence-corrected chi connectivity index (χ2v) is 7.87. The molecule has 0 aliphatic rings. The molecule has 34 heavy (non-hydrogen) atoms. The van der Waals surface area contributed by atoms with Crippen LogP contribution in [-0.4, -0.2) is 20.3 Å². The maximum Gasteiger partial charge on any atom is 0.278 e. The van der Waals surface area contributed by atoms with E-state index in [0.29, 0.717) is 34.5 Å². The number of fused-ring (bicyclic) bond motifs is 1. The highest BCUT2D eigenvalue weighted by Gasteiger charge is 2.14. The molecular formula is C29H21N3O2. The van der Waals surface area contributed by atoms with E-state index in [1.54, 1.807) is 35.0 Å². The minimum absolute atomic E-state index is 0.0793. The summed E-state index contributed by atoms with van der Waals surface area (Å²) < 4.78 is 1.59. The number of allylic oxidation sites excluding steroid dienone is 1. The smallest absolute Gasteiger partial charge is 0.278 e. The van der Waals surface area contributed by atoms with E-state index in [4.69, 9.17) is 0 Å². The molecular weight excluding hydrogens is 422 g/mol. The van der Waals surface area contributed by atoms with Gasteiger partial charge in [-0.15, -0.1) is 0 Å². The maximum atomic E-state index is 13.5. The Kier molecular flexibility index (Phi) is 5.91. The van der Waals surface area contributed by atoms with Crippen molar-refractivity contribution < 1.29 is 4.79 Å². The van der Waals surface area contributed by atoms with Crippen LogP contribution < -0.4 is 5.56 Å². The molecule has 0 aliphatic heterocycles. The summed E-state index contributed by atoms with van der Waals surface area (Å²) in [7, 11) is 0. The normalized spacial score (nSPS) is 11.2. The van der Waals surface area contributed by atoms with E-state index < -0.39 is 0 Å². The second kappa shape index (κ2) is 9.46. The van der Waals surface area contributed by atoms with Gasteiger partial charge in [0.05, 0.1) is 5.69 Å². The average molecular weight is 444 g/mol. The standard InChI is InChI=1S/C29H21N3O2/c33-27(23-12-5-2-6-13-23)17-16-22-11-7-14-24(19-22)32-28-25(15-8-18-30-28)31-26(29(32)34)20-21-9-3-1-4-10-21/h1-19H,20H2. The Morgan fingerprint density at radius 2 is 1.62 bits per heavy atom. The molecule has 0 aliphatic carbocycles. The topological polar surface area (TPSA) is 64.8 Å². The lowest BCUT2D eigenvalue weighted by Gasteiger charge is -2.12. The molecule has 0 spiro atoms. The molecule has 0 fully saturated rings. The van der Waals surface area contributed by atoms with Crippen LogP contribution in [0.15, 0.2) is 114 Å². The number of rotatable bonds is 6. The van der Waals surface area contributed by atoms with Crippen LogP contribution in [0, 0.1) is 0 Å². The van der Waals surface area contributed by atoms with Gasteiger partial charge < -0.3 is 0 Å². The number of nitrogens with zero attached hydrogens (tertiary/aromatic N) is 3. The van der Waals surface area contributed by atoms with Crippen LogP contribution in [0.5, 0.6) is 0 Å². The lowest BCUT2D eigenvalue weighted by Crippen LogP contribution is -2.25. The molecule has 2 aromatic heterocycles. The number of aromatic nitrogens is 3. The highest BCUT2D eigenvalue weighted by Crippen LogP contribution is 2.17. The van der Waals surface area contributed by atoms with Crippen molar-refractivity contribution in [3.8, 4) is 5.69 Å². The van der Waals surface area contributed by atoms with Gasteiger partial charge in [-0.05, 0) is 41.5 Å². The van der Waals surface area contributed by atoms with Gasteiger partial charge in [-0.3, -0.25) is 14.2 Å². The molecule has 0 unspecified atom stereocenters. The molecule has 5 aromatic rings. The SMILES string of the molecule is O=C(C=Cc1cccc(-n2c(=O)c(Cc3ccccc3)nc3cccnc32)c1)c1ccccc1. The predicted octanol–water partition coefficient (Wildman–Crippen LogP) is 5.27. The first kappa shape index (κ1) is 21.2. The van der Waals surface area contributed by atoms with E-state index in [9.17, 15) is 9.59 Å². The Morgan fingerprint density at radius 1 is 0.853 bits per heavy atom. The predicted molar refractivity (Wildman–Crippen MR) is 134 cm³/mol. The van der Waals surface area contributed by atoms with Gasteiger partial charge in [0.25, 0.3) is 5.56 Å². The third-order valence-electron chi connectivity index (χ3n) is 5.51. The summed E-state index contributed by atoms with van der Waals surface area (Å²) in [5.41, 5.74) is 4.49. The van der Waals surface area contributed by atoms with Gasteiger partial charge in [0.1, 0.15) is 11.2 Å². The maximum absolute atomic E-state index is 13.5. The lowest BCUT2D eigenvalue weighted by atomic mass is 10.1. The first-order chi connectivity index (χ1) is 16.7. The Bertz CT molecular complexity index is 1560. The fraction of sp³-hybridized carbons (Fsp3) is 0.0345. The van der Waals surface area contributed by atoms with Crippen LogP contribution in [0.3, 0.4) is 0 Å². The fourth-order valence-corrected chi connectivity index (χ4v) is 3.85. The molecule has 2 heterocycles. The molecule has 0 bridgehead atoms. The molecule has 0 N–H and O–H groups in total. The van der Waals surface area contributed by atoms with Gasteiger partial charge in [0.15, 0.2) is 11.4 Å². The molecule has 3 aromatic carbocycles. The number of hydrogen-bond acceptors (Lipinski definition) is 4. The second-order valence-electron chi connectivity index (χ2n) is 7.87. The number of ketones is 1. The van der Waals surface area contributed by atoms with Gasteiger partial charge in [-0.25, -0.2) is 9.97 Å². The molecule has 0 saturated heterocycles. The van der Waals surface area contributed by atoms with Crippen LogP contribution >= 0.6 is 0 Å². The van der Waals surface area contributed by atoms with E-state index in [1.807, 2.05) is 84.9 Å². The molecule has 5 rings (SSSR count). The molecule has 5 heteroatoms. The van der Waals surface area contributed by atoms with Crippen molar-refractivity contribution in [1.82, 2.24) is 14.5 Å². The van der Waals surface area contributed by atoms with Crippen molar-refractivity contribution in [1.29, 1.82) is 0 Å². The summed E-state index contributed by atoms with van der Waals surface area (Å²) in [6.07, 6.45) is 5.38. The third kappa shape index (κ3) is 4.45. The third-order valence-corrected chi connectivity index (χ3v) is 5.51. The monoisotopic (exact) mass is 443 g/mol. The highest BCUT2D eigenvalue weighted by atomic mass is 16.1. The summed E-state index contributed by atoms with van der Waals surface area (Å²) in [6, 6.07) is 30.1. The van der Waals surface area contributed by atoms with Crippen LogP contribution in [-0.2, 0) is 6.42 Å². The zero-order chi connectivity index (χ0) is 23.3. The van der Waals surface area contributed by atoms with E-state index in [2.05, 4.69) is 9.97 Å². The number of carbonyl (C=O) groups excluding carboxylic acids is 1. The van der Waals surface area contributed by atoms with Crippen LogP contribution in [0.2, 0.25) is 0 Å². The lowest BCUT2D eigenvalue weighted by molar-refractivity contribution is 0.104. The minimum Gasteiger partial charge on any atom is -0.289 e. The number of pyridine rings is 1. The molecule has 0 radical (unpaired) electrons. The first-order valence-corrected chi connectivity index (χ1v) is 11.0. The van der Waals surface area contributed by atoms with E-state index in [-0.39, 0.29) is 11.3 Å². The first-order valence-electron chi connectivity index (χ1n) is 11.0. The van der Waals surface area contributed by atoms with Crippen LogP contribution in [0.1, 0.15) is 27.2 Å². The summed E-state index contributed by atoms with van der Waals surface area (Å²) in [6.45, 7) is 0. The van der Waals surface area contributed by atoms with Gasteiger partial charge in [0, 0.05) is 18.2 Å². The van der Waals surface area contributed by atoms with E-state index in [1.165, 1.54) is 0 Å². The van der Waals surface area contributed by atoms with Crippen molar-refractivity contribution in [2.45, 2.75) is 6.42 Å². The number of hydrogen-bond donors (Lipinski definition) is 0. The van der Waals surface area contributed by atoms with Crippen molar-refractivity contribution in [2.75, 3.05) is 0 Å². The van der Waals surface area contributed by atoms with Crippen molar-refractivity contribution in [3.63, 3.8) is 0 Å². The molecule has 0 amide bonds. The number of benzene rings is 3. The number of carbonyl (C=O) groups is 1. The summed E-state index contributed by atoms with van der Waals surface area (Å²) in [5.74, 6) is -0.0793. The highest BCUT2D eigenvalue weighted by molar-refractivity contribution is 6.06. The molecule has 0 atom stereocenters. The minimum atomic E-state index is -0.212. The van der Waals surface area contributed by atoms with Gasteiger partial charge in [-0.2, -0.15) is 0 Å². The van der Waals surface area contributed by atoms with Crippen LogP contribution in [0.25, 0.3) is 22.9 Å². The summed E-state index contributed by atoms with van der Waals surface area (Å²) >= 11 is 0. The summed E-state index contributed by atoms with van der Waals surface area (Å²) in [4.78, 5) is 35.1. The zero-order valence-corrected chi connectivity index (χ0v) is 18.3. The molecule has 164 valence electrons. The summed E-state index contributed by atoms with van der Waals surface area (Å²) in [5, 5.41) is 0.